The van der Waals surface area contributed by atoms with E-state index in [0.717, 1.165) is 27.2 Å². The van der Waals surface area contributed by atoms with Crippen LogP contribution in [0.4, 0.5) is 10.1 Å². The molecular weight excluding hydrogens is 337 g/mol. The number of hydrogen-bond donors (Lipinski definition) is 1. The number of aryl methyl sites for hydroxylation is 1. The molecule has 0 unspecified atom stereocenters. The third-order valence-corrected chi connectivity index (χ3v) is 4.01. The molecule has 5 heteroatoms. The number of anilines is 1. The molecule has 1 N–H and O–H groups in total. The Labute approximate surface area is 131 Å². The van der Waals surface area contributed by atoms with Gasteiger partial charge in [-0.2, -0.15) is 0 Å². The largest absolute Gasteiger partial charge is 0.486 e. The second-order valence-electron chi connectivity index (χ2n) is 4.91. The predicted octanol–water partition coefficient (Wildman–Crippen LogP) is 4.28. The third kappa shape index (κ3) is 3.13. The molecule has 0 aliphatic carbocycles. The summed E-state index contributed by atoms with van der Waals surface area (Å²) in [6, 6.07) is 9.02. The quantitative estimate of drug-likeness (QED) is 0.895. The maximum Gasteiger partial charge on any atom is 0.163 e. The zero-order valence-electron chi connectivity index (χ0n) is 11.6. The van der Waals surface area contributed by atoms with Crippen molar-refractivity contribution in [2.45, 2.75) is 13.5 Å². The van der Waals surface area contributed by atoms with Crippen molar-refractivity contribution in [2.24, 2.45) is 0 Å². The van der Waals surface area contributed by atoms with Gasteiger partial charge in [0.25, 0.3) is 0 Å². The smallest absolute Gasteiger partial charge is 0.163 e. The Morgan fingerprint density at radius 1 is 1.14 bits per heavy atom. The lowest BCUT2D eigenvalue weighted by Gasteiger charge is -2.20. The molecule has 0 spiro atoms. The summed E-state index contributed by atoms with van der Waals surface area (Å²) in [5, 5.41) is 3.28. The summed E-state index contributed by atoms with van der Waals surface area (Å²) in [6.07, 6.45) is 0. The van der Waals surface area contributed by atoms with E-state index < -0.39 is 0 Å². The standard InChI is InChI=1S/C16H15BrFNO2/c1-10-2-3-11(6-13(10)18)9-19-14-8-16-15(7-12(14)17)20-4-5-21-16/h2-3,6-8,19H,4-5,9H2,1H3. The lowest BCUT2D eigenvalue weighted by Crippen LogP contribution is -2.15. The molecule has 3 nitrogen and oxygen atoms in total. The molecule has 21 heavy (non-hydrogen) atoms. The number of nitrogens with one attached hydrogen (secondary N) is 1. The number of ether oxygens (including phenoxy) is 2. The van der Waals surface area contributed by atoms with Crippen molar-refractivity contribution in [3.8, 4) is 11.5 Å². The van der Waals surface area contributed by atoms with Crippen LogP contribution in [0.3, 0.4) is 0 Å². The van der Waals surface area contributed by atoms with Crippen molar-refractivity contribution in [3.05, 3.63) is 51.7 Å². The van der Waals surface area contributed by atoms with Gasteiger partial charge >= 0.3 is 0 Å². The molecule has 0 amide bonds. The molecule has 0 bridgehead atoms. The molecule has 3 rings (SSSR count). The highest BCUT2D eigenvalue weighted by atomic mass is 79.9. The van der Waals surface area contributed by atoms with Crippen LogP contribution in [-0.4, -0.2) is 13.2 Å². The van der Waals surface area contributed by atoms with Crippen molar-refractivity contribution in [1.29, 1.82) is 0 Å². The minimum atomic E-state index is -0.185. The van der Waals surface area contributed by atoms with Crippen LogP contribution in [0, 0.1) is 12.7 Å². The Morgan fingerprint density at radius 2 is 1.86 bits per heavy atom. The van der Waals surface area contributed by atoms with E-state index in [2.05, 4.69) is 21.2 Å². The number of rotatable bonds is 3. The van der Waals surface area contributed by atoms with Crippen molar-refractivity contribution in [1.82, 2.24) is 0 Å². The number of fused-ring (bicyclic) bond motifs is 1. The van der Waals surface area contributed by atoms with Crippen molar-refractivity contribution in [3.63, 3.8) is 0 Å². The summed E-state index contributed by atoms with van der Waals surface area (Å²) in [5.41, 5.74) is 2.43. The average molecular weight is 352 g/mol. The highest BCUT2D eigenvalue weighted by molar-refractivity contribution is 9.10. The molecule has 0 saturated heterocycles. The first-order chi connectivity index (χ1) is 10.1. The van der Waals surface area contributed by atoms with Crippen LogP contribution in [-0.2, 0) is 6.54 Å². The highest BCUT2D eigenvalue weighted by Gasteiger charge is 2.14. The Balaban J connectivity index is 1.77. The van der Waals surface area contributed by atoms with Crippen molar-refractivity contribution in [2.75, 3.05) is 18.5 Å². The van der Waals surface area contributed by atoms with Crippen LogP contribution in [0.25, 0.3) is 0 Å². The van der Waals surface area contributed by atoms with Gasteiger partial charge in [0, 0.05) is 23.2 Å². The summed E-state index contributed by atoms with van der Waals surface area (Å²) < 4.78 is 25.5. The van der Waals surface area contributed by atoms with Crippen LogP contribution in [0.5, 0.6) is 11.5 Å². The van der Waals surface area contributed by atoms with E-state index in [1.165, 1.54) is 0 Å². The Hall–Kier alpha value is -1.75. The molecule has 0 radical (unpaired) electrons. The maximum absolute atomic E-state index is 13.5. The second kappa shape index (κ2) is 5.93. The number of hydrogen-bond acceptors (Lipinski definition) is 3. The number of halogens is 2. The van der Waals surface area contributed by atoms with Gasteiger partial charge in [0.05, 0.1) is 5.69 Å². The van der Waals surface area contributed by atoms with Gasteiger partial charge in [0.15, 0.2) is 11.5 Å². The van der Waals surface area contributed by atoms with Gasteiger partial charge in [-0.05, 0) is 40.0 Å². The first kappa shape index (κ1) is 14.2. The van der Waals surface area contributed by atoms with Gasteiger partial charge in [0.2, 0.25) is 0 Å². The lowest BCUT2D eigenvalue weighted by atomic mass is 10.1. The summed E-state index contributed by atoms with van der Waals surface area (Å²) in [4.78, 5) is 0. The van der Waals surface area contributed by atoms with Crippen LogP contribution < -0.4 is 14.8 Å². The molecule has 0 fully saturated rings. The lowest BCUT2D eigenvalue weighted by molar-refractivity contribution is 0.171. The summed E-state index contributed by atoms with van der Waals surface area (Å²) in [6.45, 7) is 3.41. The molecule has 2 aromatic rings. The molecule has 1 heterocycles. The SMILES string of the molecule is Cc1ccc(CNc2cc3c(cc2Br)OCCO3)cc1F. The molecule has 0 atom stereocenters. The summed E-state index contributed by atoms with van der Waals surface area (Å²) in [7, 11) is 0. The fourth-order valence-corrected chi connectivity index (χ4v) is 2.61. The van der Waals surface area contributed by atoms with Crippen LogP contribution in [0.15, 0.2) is 34.8 Å². The predicted molar refractivity (Wildman–Crippen MR) is 83.6 cm³/mol. The normalized spacial score (nSPS) is 13.1. The van der Waals surface area contributed by atoms with Crippen LogP contribution >= 0.6 is 15.9 Å². The maximum atomic E-state index is 13.5. The Bertz CT molecular complexity index is 676. The van der Waals surface area contributed by atoms with Gasteiger partial charge < -0.3 is 14.8 Å². The van der Waals surface area contributed by atoms with E-state index >= 15 is 0 Å². The second-order valence-corrected chi connectivity index (χ2v) is 5.77. The van der Waals surface area contributed by atoms with Gasteiger partial charge in [-0.25, -0.2) is 4.39 Å². The molecule has 110 valence electrons. The molecule has 2 aromatic carbocycles. The molecule has 0 aromatic heterocycles. The van der Waals surface area contributed by atoms with E-state index in [1.807, 2.05) is 18.2 Å². The van der Waals surface area contributed by atoms with Gasteiger partial charge in [-0.1, -0.05) is 12.1 Å². The first-order valence-electron chi connectivity index (χ1n) is 6.71. The highest BCUT2D eigenvalue weighted by Crippen LogP contribution is 2.38. The van der Waals surface area contributed by atoms with Gasteiger partial charge in [-0.15, -0.1) is 0 Å². The minimum Gasteiger partial charge on any atom is -0.486 e. The van der Waals surface area contributed by atoms with E-state index in [-0.39, 0.29) is 5.82 Å². The fraction of sp³-hybridized carbons (Fsp3) is 0.250. The third-order valence-electron chi connectivity index (χ3n) is 3.35. The average Bonchev–Trinajstić information content (AvgIpc) is 2.48. The van der Waals surface area contributed by atoms with Gasteiger partial charge in [0.1, 0.15) is 19.0 Å². The van der Waals surface area contributed by atoms with E-state index in [4.69, 9.17) is 9.47 Å². The van der Waals surface area contributed by atoms with Crippen molar-refractivity contribution >= 4 is 21.6 Å². The van der Waals surface area contributed by atoms with E-state index in [0.29, 0.717) is 25.3 Å². The zero-order valence-corrected chi connectivity index (χ0v) is 13.2. The number of benzene rings is 2. The molecule has 1 aliphatic rings. The van der Waals surface area contributed by atoms with Crippen LogP contribution in [0.2, 0.25) is 0 Å². The van der Waals surface area contributed by atoms with E-state index in [1.54, 1.807) is 19.1 Å². The van der Waals surface area contributed by atoms with Crippen LogP contribution in [0.1, 0.15) is 11.1 Å². The topological polar surface area (TPSA) is 30.5 Å². The zero-order chi connectivity index (χ0) is 14.8. The van der Waals surface area contributed by atoms with Gasteiger partial charge in [-0.3, -0.25) is 0 Å². The van der Waals surface area contributed by atoms with Crippen molar-refractivity contribution < 1.29 is 13.9 Å². The van der Waals surface area contributed by atoms with E-state index in [9.17, 15) is 4.39 Å². The summed E-state index contributed by atoms with van der Waals surface area (Å²) in [5.74, 6) is 1.28. The Kier molecular flexibility index (Phi) is 4.01. The monoisotopic (exact) mass is 351 g/mol. The first-order valence-corrected chi connectivity index (χ1v) is 7.51. The minimum absolute atomic E-state index is 0.185. The molecular formula is C16H15BrFNO2. The fourth-order valence-electron chi connectivity index (χ4n) is 2.14. The molecule has 0 saturated carbocycles. The molecule has 1 aliphatic heterocycles. The summed E-state index contributed by atoms with van der Waals surface area (Å²) >= 11 is 3.50. The Morgan fingerprint density at radius 3 is 2.57 bits per heavy atom.